The van der Waals surface area contributed by atoms with Gasteiger partial charge in [0.15, 0.2) is 12.2 Å². The Morgan fingerprint density at radius 3 is 1.02 bits per heavy atom. The average molecular weight is 1280 g/mol. The van der Waals surface area contributed by atoms with Crippen LogP contribution < -0.4 is 0 Å². The molecule has 0 radical (unpaired) electrons. The van der Waals surface area contributed by atoms with Gasteiger partial charge in [-0.1, -0.05) is 259 Å². The van der Waals surface area contributed by atoms with E-state index >= 15 is 0 Å². The molecule has 3 unspecified atom stereocenters. The van der Waals surface area contributed by atoms with Gasteiger partial charge in [0, 0.05) is 25.7 Å². The molecule has 6 atom stereocenters. The number of aliphatic hydroxyl groups is 1. The van der Waals surface area contributed by atoms with Crippen LogP contribution in [-0.4, -0.2) is 96.7 Å². The first-order valence-electron chi connectivity index (χ1n) is 34.7. The van der Waals surface area contributed by atoms with Crippen LogP contribution in [0.25, 0.3) is 0 Å². The first-order valence-corrected chi connectivity index (χ1v) is 37.7. The van der Waals surface area contributed by atoms with Gasteiger partial charge in [-0.2, -0.15) is 0 Å². The Hall–Kier alpha value is -2.46. The van der Waals surface area contributed by atoms with Crippen LogP contribution in [0.2, 0.25) is 0 Å². The molecule has 3 N–H and O–H groups in total. The highest BCUT2D eigenvalue weighted by Crippen LogP contribution is 2.45. The molecular formula is C68H128O17P2. The molecule has 0 heterocycles. The van der Waals surface area contributed by atoms with Gasteiger partial charge in [0.2, 0.25) is 0 Å². The molecule has 0 aliphatic carbocycles. The SMILES string of the molecule is CCCCCC/C=C\C=C/CCCCCCCC(=O)O[C@H](COC(=O)CCCCCCCCC(C)C)COP(=O)(O)OC[C@H](O)COP(=O)(O)OC[C@@H](COC(=O)CCCCCCCCCCCCC(C)C)OC(=O)CCCCCCCCC(C)CC. The maximum Gasteiger partial charge on any atom is 0.472 e. The Balaban J connectivity index is 5.27. The zero-order valence-electron chi connectivity index (χ0n) is 56.0. The summed E-state index contributed by atoms with van der Waals surface area (Å²) in [6.07, 6.45) is 44.1. The lowest BCUT2D eigenvalue weighted by Crippen LogP contribution is -2.30. The van der Waals surface area contributed by atoms with Gasteiger partial charge in [0.25, 0.3) is 0 Å². The molecule has 0 aromatic rings. The lowest BCUT2D eigenvalue weighted by molar-refractivity contribution is -0.161. The molecule has 17 nitrogen and oxygen atoms in total. The van der Waals surface area contributed by atoms with E-state index in [1.54, 1.807) is 0 Å². The van der Waals surface area contributed by atoms with E-state index in [1.807, 2.05) is 0 Å². The number of carbonyl (C=O) groups excluding carboxylic acids is 4. The zero-order chi connectivity index (χ0) is 64.5. The molecule has 0 aliphatic rings. The van der Waals surface area contributed by atoms with Crippen LogP contribution in [0.4, 0.5) is 0 Å². The van der Waals surface area contributed by atoms with E-state index in [4.69, 9.17) is 37.0 Å². The van der Waals surface area contributed by atoms with E-state index in [1.165, 1.54) is 103 Å². The maximum absolute atomic E-state index is 13.0. The highest BCUT2D eigenvalue weighted by atomic mass is 31.2. The molecule has 0 fully saturated rings. The van der Waals surface area contributed by atoms with Crippen molar-refractivity contribution in [1.82, 2.24) is 0 Å². The summed E-state index contributed by atoms with van der Waals surface area (Å²) in [6.45, 7) is 11.6. The number of hydrogen-bond acceptors (Lipinski definition) is 15. The predicted molar refractivity (Wildman–Crippen MR) is 349 cm³/mol. The van der Waals surface area contributed by atoms with Crippen molar-refractivity contribution < 1.29 is 80.2 Å². The minimum Gasteiger partial charge on any atom is -0.462 e. The Morgan fingerprint density at radius 1 is 0.379 bits per heavy atom. The number of ether oxygens (including phenoxy) is 4. The number of hydrogen-bond donors (Lipinski definition) is 3. The van der Waals surface area contributed by atoms with Crippen molar-refractivity contribution in [2.45, 2.75) is 330 Å². The van der Waals surface area contributed by atoms with Crippen LogP contribution in [0.5, 0.6) is 0 Å². The summed E-state index contributed by atoms with van der Waals surface area (Å²) in [7, 11) is -9.91. The van der Waals surface area contributed by atoms with Crippen molar-refractivity contribution in [3.8, 4) is 0 Å². The Bertz CT molecular complexity index is 1810. The fourth-order valence-electron chi connectivity index (χ4n) is 9.61. The molecule has 0 saturated carbocycles. The zero-order valence-corrected chi connectivity index (χ0v) is 57.7. The van der Waals surface area contributed by atoms with Gasteiger partial charge in [-0.25, -0.2) is 9.13 Å². The summed E-state index contributed by atoms with van der Waals surface area (Å²) < 4.78 is 68.1. The molecule has 0 saturated heterocycles. The minimum atomic E-state index is -4.96. The molecule has 0 rings (SSSR count). The second kappa shape index (κ2) is 58.6. The summed E-state index contributed by atoms with van der Waals surface area (Å²) in [4.78, 5) is 72.3. The molecule has 19 heteroatoms. The average Bonchev–Trinajstić information content (AvgIpc) is 3.63. The topological polar surface area (TPSA) is 237 Å². The Labute approximate surface area is 529 Å². The number of carbonyl (C=O) groups is 4. The third kappa shape index (κ3) is 60.9. The Morgan fingerprint density at radius 2 is 0.678 bits per heavy atom. The van der Waals surface area contributed by atoms with E-state index in [2.05, 4.69) is 72.8 Å². The fraction of sp³-hybridized carbons (Fsp3) is 0.882. The van der Waals surface area contributed by atoms with Gasteiger partial charge in [0.05, 0.1) is 26.4 Å². The van der Waals surface area contributed by atoms with Crippen LogP contribution >= 0.6 is 15.6 Å². The number of unbranched alkanes of at least 4 members (excludes halogenated alkanes) is 28. The first kappa shape index (κ1) is 84.5. The lowest BCUT2D eigenvalue weighted by atomic mass is 10.00. The van der Waals surface area contributed by atoms with Gasteiger partial charge in [-0.15, -0.1) is 0 Å². The normalized spacial score (nSPS) is 14.8. The third-order valence-corrected chi connectivity index (χ3v) is 17.3. The number of aliphatic hydroxyl groups excluding tert-OH is 1. The number of phosphoric acid groups is 2. The highest BCUT2D eigenvalue weighted by Gasteiger charge is 2.30. The van der Waals surface area contributed by atoms with Crippen molar-refractivity contribution in [3.05, 3.63) is 24.3 Å². The first-order chi connectivity index (χ1) is 41.8. The van der Waals surface area contributed by atoms with Crippen molar-refractivity contribution in [3.63, 3.8) is 0 Å². The molecule has 87 heavy (non-hydrogen) atoms. The van der Waals surface area contributed by atoms with E-state index < -0.39 is 97.5 Å². The van der Waals surface area contributed by atoms with Crippen molar-refractivity contribution in [2.24, 2.45) is 17.8 Å². The van der Waals surface area contributed by atoms with E-state index in [9.17, 15) is 43.2 Å². The Kier molecular flexibility index (Phi) is 57.0. The standard InChI is InChI=1S/C68H128O17P2/c1-8-10-11-12-13-14-15-16-17-18-19-24-27-37-44-51-67(72)84-63(56-79-66(71)50-43-36-30-28-33-40-47-60(5)6)57-82-86(74,75)80-53-62(69)54-81-87(76,77)83-58-64(85-68(73)52-45-38-31-29-34-41-48-61(7)9-2)55-78-65(70)49-42-35-26-23-21-20-22-25-32-39-46-59(3)4/h14-17,59-64,69H,8-13,18-58H2,1-7H3,(H,74,75)(H,76,77)/b15-14-,17-16-/t61?,62-,63+,64+/m0/s1. The quantitative estimate of drug-likeness (QED) is 0.0169. The second-order valence-corrected chi connectivity index (χ2v) is 28.0. The van der Waals surface area contributed by atoms with E-state index in [-0.39, 0.29) is 25.7 Å². The molecule has 0 amide bonds. The molecule has 0 aromatic carbocycles. The lowest BCUT2D eigenvalue weighted by Gasteiger charge is -2.21. The minimum absolute atomic E-state index is 0.0833. The highest BCUT2D eigenvalue weighted by molar-refractivity contribution is 7.47. The van der Waals surface area contributed by atoms with Gasteiger partial charge < -0.3 is 33.8 Å². The number of esters is 4. The maximum atomic E-state index is 13.0. The molecule has 0 bridgehead atoms. The number of phosphoric ester groups is 2. The van der Waals surface area contributed by atoms with Crippen LogP contribution in [0.3, 0.4) is 0 Å². The summed E-state index contributed by atoms with van der Waals surface area (Å²) in [5.41, 5.74) is 0. The van der Waals surface area contributed by atoms with Crippen molar-refractivity contribution in [1.29, 1.82) is 0 Å². The molecule has 0 spiro atoms. The summed E-state index contributed by atoms with van der Waals surface area (Å²) >= 11 is 0. The van der Waals surface area contributed by atoms with Gasteiger partial charge >= 0.3 is 39.5 Å². The molecule has 0 aromatic heterocycles. The second-order valence-electron chi connectivity index (χ2n) is 25.1. The third-order valence-electron chi connectivity index (χ3n) is 15.4. The molecule has 512 valence electrons. The smallest absolute Gasteiger partial charge is 0.462 e. The van der Waals surface area contributed by atoms with Crippen molar-refractivity contribution >= 4 is 39.5 Å². The van der Waals surface area contributed by atoms with Crippen LogP contribution in [0.15, 0.2) is 24.3 Å². The van der Waals surface area contributed by atoms with Gasteiger partial charge in [0.1, 0.15) is 19.3 Å². The summed E-state index contributed by atoms with van der Waals surface area (Å²) in [5, 5.41) is 10.6. The van der Waals surface area contributed by atoms with Crippen LogP contribution in [0, 0.1) is 17.8 Å². The largest absolute Gasteiger partial charge is 0.472 e. The van der Waals surface area contributed by atoms with Gasteiger partial charge in [-0.05, 0) is 69.1 Å². The van der Waals surface area contributed by atoms with E-state index in [0.717, 1.165) is 121 Å². The number of allylic oxidation sites excluding steroid dienone is 4. The van der Waals surface area contributed by atoms with Gasteiger partial charge in [-0.3, -0.25) is 37.3 Å². The summed E-state index contributed by atoms with van der Waals surface area (Å²) in [5.74, 6) is -0.0139. The van der Waals surface area contributed by atoms with E-state index in [0.29, 0.717) is 31.6 Å². The van der Waals surface area contributed by atoms with Crippen LogP contribution in [0.1, 0.15) is 312 Å². The fourth-order valence-corrected chi connectivity index (χ4v) is 11.2. The van der Waals surface area contributed by atoms with Crippen molar-refractivity contribution in [2.75, 3.05) is 39.6 Å². The molecule has 0 aliphatic heterocycles. The number of rotatable bonds is 64. The molecular weight excluding hydrogens is 1150 g/mol. The van der Waals surface area contributed by atoms with Crippen LogP contribution in [-0.2, 0) is 65.4 Å². The predicted octanol–water partition coefficient (Wildman–Crippen LogP) is 18.6. The monoisotopic (exact) mass is 1280 g/mol. The summed E-state index contributed by atoms with van der Waals surface area (Å²) in [6, 6.07) is 0.